The van der Waals surface area contributed by atoms with Gasteiger partial charge in [0, 0.05) is 12.5 Å². The molecule has 1 unspecified atom stereocenters. The number of methoxy groups -OCH3 is 2. The van der Waals surface area contributed by atoms with E-state index < -0.39 is 17.7 Å². The summed E-state index contributed by atoms with van der Waals surface area (Å²) >= 11 is 1.03. The van der Waals surface area contributed by atoms with Crippen LogP contribution < -0.4 is 14.4 Å². The number of hydrogen-bond donors (Lipinski definition) is 1. The molecule has 1 fully saturated rings. The van der Waals surface area contributed by atoms with E-state index >= 15 is 0 Å². The second-order valence-corrected chi connectivity index (χ2v) is 9.55. The molecular weight excluding hydrogens is 480 g/mol. The van der Waals surface area contributed by atoms with Gasteiger partial charge in [-0.1, -0.05) is 35.1 Å². The van der Waals surface area contributed by atoms with Crippen molar-refractivity contribution < 1.29 is 29.0 Å². The number of anilines is 1. The lowest BCUT2D eigenvalue weighted by atomic mass is 9.93. The molecule has 0 spiro atoms. The van der Waals surface area contributed by atoms with Gasteiger partial charge in [-0.2, -0.15) is 0 Å². The highest BCUT2D eigenvalue weighted by atomic mass is 32.1. The first kappa shape index (κ1) is 25.1. The van der Waals surface area contributed by atoms with Crippen LogP contribution in [0.4, 0.5) is 5.13 Å². The average molecular weight is 507 g/mol. The van der Waals surface area contributed by atoms with Crippen LogP contribution in [-0.4, -0.2) is 41.8 Å². The summed E-state index contributed by atoms with van der Waals surface area (Å²) in [5.74, 6) is -1.29. The average Bonchev–Trinajstić information content (AvgIpc) is 3.36. The number of amides is 1. The molecule has 1 atom stereocenters. The van der Waals surface area contributed by atoms with Gasteiger partial charge in [0.2, 0.25) is 0 Å². The number of thiazole rings is 1. The molecular formula is C27H26N2O6S. The lowest BCUT2D eigenvalue weighted by molar-refractivity contribution is -0.132. The minimum absolute atomic E-state index is 0.0712. The fourth-order valence-corrected chi connectivity index (χ4v) is 5.30. The Hall–Kier alpha value is -3.98. The number of nitrogens with zero attached hydrogens (tertiary/aromatic N) is 2. The molecule has 0 bridgehead atoms. The fraction of sp³-hybridized carbons (Fsp3) is 0.259. The third kappa shape index (κ3) is 4.15. The molecule has 2 heterocycles. The van der Waals surface area contributed by atoms with E-state index in [4.69, 9.17) is 9.47 Å². The molecule has 36 heavy (non-hydrogen) atoms. The summed E-state index contributed by atoms with van der Waals surface area (Å²) in [6, 6.07) is 9.53. The topological polar surface area (TPSA) is 106 Å². The van der Waals surface area contributed by atoms with Crippen LogP contribution in [0.1, 0.15) is 50.6 Å². The summed E-state index contributed by atoms with van der Waals surface area (Å²) in [6.45, 7) is 6.79. The number of hydrogen-bond acceptors (Lipinski definition) is 8. The van der Waals surface area contributed by atoms with Crippen LogP contribution in [0.2, 0.25) is 0 Å². The second-order valence-electron chi connectivity index (χ2n) is 8.57. The number of aromatic nitrogens is 1. The van der Waals surface area contributed by atoms with Gasteiger partial charge in [0.15, 0.2) is 22.4 Å². The molecule has 0 aliphatic carbocycles. The van der Waals surface area contributed by atoms with Crippen LogP contribution in [0.3, 0.4) is 0 Å². The minimum atomic E-state index is -1.00. The maximum absolute atomic E-state index is 13.4. The van der Waals surface area contributed by atoms with Crippen molar-refractivity contribution in [3.63, 3.8) is 0 Å². The molecule has 1 amide bonds. The smallest absolute Gasteiger partial charge is 0.301 e. The number of Topliss-reactive ketones (excluding diaryl/α,β-unsaturated/α-hetero) is 2. The highest BCUT2D eigenvalue weighted by molar-refractivity contribution is 7.18. The van der Waals surface area contributed by atoms with Crippen molar-refractivity contribution in [2.45, 2.75) is 33.7 Å². The van der Waals surface area contributed by atoms with Gasteiger partial charge in [-0.3, -0.25) is 19.3 Å². The number of aryl methyl sites for hydroxylation is 3. The Bertz CT molecular complexity index is 1440. The Morgan fingerprint density at radius 1 is 1.03 bits per heavy atom. The highest BCUT2D eigenvalue weighted by Crippen LogP contribution is 2.45. The van der Waals surface area contributed by atoms with E-state index in [-0.39, 0.29) is 22.2 Å². The van der Waals surface area contributed by atoms with Gasteiger partial charge in [0.1, 0.15) is 5.76 Å². The summed E-state index contributed by atoms with van der Waals surface area (Å²) in [5.41, 5.74) is 3.00. The lowest BCUT2D eigenvalue weighted by Gasteiger charge is -2.24. The zero-order chi connectivity index (χ0) is 26.3. The van der Waals surface area contributed by atoms with Gasteiger partial charge < -0.3 is 14.6 Å². The predicted molar refractivity (Wildman–Crippen MR) is 137 cm³/mol. The van der Waals surface area contributed by atoms with Crippen molar-refractivity contribution in [3.8, 4) is 11.5 Å². The van der Waals surface area contributed by atoms with E-state index in [0.29, 0.717) is 33.2 Å². The molecule has 1 aromatic heterocycles. The third-order valence-electron chi connectivity index (χ3n) is 6.13. The Labute approximate surface area is 212 Å². The summed E-state index contributed by atoms with van der Waals surface area (Å²) in [4.78, 5) is 45.0. The van der Waals surface area contributed by atoms with E-state index in [2.05, 4.69) is 4.98 Å². The maximum atomic E-state index is 13.4. The van der Waals surface area contributed by atoms with Gasteiger partial charge in [-0.15, -0.1) is 0 Å². The number of ketones is 2. The zero-order valence-electron chi connectivity index (χ0n) is 20.8. The maximum Gasteiger partial charge on any atom is 0.301 e. The summed E-state index contributed by atoms with van der Waals surface area (Å²) in [6.07, 6.45) is 0. The number of carbonyl (C=O) groups excluding carboxylic acids is 3. The Balaban J connectivity index is 2.01. The number of rotatable bonds is 6. The first-order chi connectivity index (χ1) is 17.1. The van der Waals surface area contributed by atoms with E-state index in [0.717, 1.165) is 22.5 Å². The first-order valence-electron chi connectivity index (χ1n) is 11.2. The van der Waals surface area contributed by atoms with Gasteiger partial charge >= 0.3 is 5.91 Å². The Morgan fingerprint density at radius 3 is 2.33 bits per heavy atom. The monoisotopic (exact) mass is 506 g/mol. The van der Waals surface area contributed by atoms with Crippen LogP contribution in [0, 0.1) is 20.8 Å². The molecule has 3 aromatic rings. The van der Waals surface area contributed by atoms with Gasteiger partial charge in [-0.05, 0) is 50.1 Å². The molecule has 1 saturated heterocycles. The molecule has 1 aliphatic heterocycles. The number of carbonyl (C=O) groups is 3. The molecule has 2 aromatic carbocycles. The third-order valence-corrected chi connectivity index (χ3v) is 7.38. The standard InChI is InChI=1S/C27H26N2O6S/c1-13-7-8-14(2)18(11-13)23(31)21-22(17-9-10-19(34-5)20(12-17)35-6)29(26(33)24(21)32)27-28-15(3)25(36-27)16(4)30/h7-12,22,31H,1-6H3. The van der Waals surface area contributed by atoms with Crippen LogP contribution in [0.5, 0.6) is 11.5 Å². The van der Waals surface area contributed by atoms with Crippen molar-refractivity contribution in [2.75, 3.05) is 19.1 Å². The Kier molecular flexibility index (Phi) is 6.69. The van der Waals surface area contributed by atoms with Crippen molar-refractivity contribution in [1.29, 1.82) is 0 Å². The lowest BCUT2D eigenvalue weighted by Crippen LogP contribution is -2.29. The predicted octanol–water partition coefficient (Wildman–Crippen LogP) is 4.91. The number of benzene rings is 2. The first-order valence-corrected chi connectivity index (χ1v) is 12.0. The van der Waals surface area contributed by atoms with Crippen molar-refractivity contribution in [2.24, 2.45) is 0 Å². The van der Waals surface area contributed by atoms with E-state index in [1.54, 1.807) is 31.2 Å². The van der Waals surface area contributed by atoms with Crippen LogP contribution >= 0.6 is 11.3 Å². The SMILES string of the molecule is COc1ccc(C2C(=C(O)c3cc(C)ccc3C)C(=O)C(=O)N2c2nc(C)c(C(C)=O)s2)cc1OC. The molecule has 0 saturated carbocycles. The van der Waals surface area contributed by atoms with E-state index in [9.17, 15) is 19.5 Å². The summed E-state index contributed by atoms with van der Waals surface area (Å²) < 4.78 is 10.8. The molecule has 186 valence electrons. The van der Waals surface area contributed by atoms with Crippen molar-refractivity contribution in [3.05, 3.63) is 74.8 Å². The van der Waals surface area contributed by atoms with Crippen LogP contribution in [-0.2, 0) is 9.59 Å². The summed E-state index contributed by atoms with van der Waals surface area (Å²) in [7, 11) is 2.99. The largest absolute Gasteiger partial charge is 0.507 e. The number of ether oxygens (including phenoxy) is 2. The van der Waals surface area contributed by atoms with E-state index in [1.165, 1.54) is 26.0 Å². The number of aliphatic hydroxyl groups is 1. The molecule has 4 rings (SSSR count). The number of aliphatic hydroxyl groups excluding tert-OH is 1. The minimum Gasteiger partial charge on any atom is -0.507 e. The quantitative estimate of drug-likeness (QED) is 0.219. The van der Waals surface area contributed by atoms with Gasteiger partial charge in [0.05, 0.1) is 36.4 Å². The summed E-state index contributed by atoms with van der Waals surface area (Å²) in [5, 5.41) is 11.6. The van der Waals surface area contributed by atoms with Crippen molar-refractivity contribution >= 4 is 39.7 Å². The molecule has 9 heteroatoms. The van der Waals surface area contributed by atoms with Gasteiger partial charge in [0.25, 0.3) is 5.78 Å². The zero-order valence-corrected chi connectivity index (χ0v) is 21.6. The normalized spacial score (nSPS) is 16.9. The second kappa shape index (κ2) is 9.58. The Morgan fingerprint density at radius 2 is 1.72 bits per heavy atom. The fourth-order valence-electron chi connectivity index (χ4n) is 4.32. The van der Waals surface area contributed by atoms with Gasteiger partial charge in [-0.25, -0.2) is 4.98 Å². The molecule has 8 nitrogen and oxygen atoms in total. The molecule has 0 radical (unpaired) electrons. The van der Waals surface area contributed by atoms with E-state index in [1.807, 2.05) is 26.0 Å². The van der Waals surface area contributed by atoms with Crippen LogP contribution in [0.25, 0.3) is 5.76 Å². The molecule has 1 aliphatic rings. The van der Waals surface area contributed by atoms with Crippen LogP contribution in [0.15, 0.2) is 42.0 Å². The molecule has 1 N–H and O–H groups in total. The van der Waals surface area contributed by atoms with Crippen molar-refractivity contribution in [1.82, 2.24) is 4.98 Å². The highest BCUT2D eigenvalue weighted by Gasteiger charge is 2.48.